The molecule has 2 atom stereocenters. The predicted octanol–water partition coefficient (Wildman–Crippen LogP) is 2.55. The Morgan fingerprint density at radius 3 is 2.37 bits per heavy atom. The van der Waals surface area contributed by atoms with Crippen molar-refractivity contribution in [3.05, 3.63) is 54.1 Å². The van der Waals surface area contributed by atoms with E-state index in [4.69, 9.17) is 4.74 Å². The number of carbonyl (C=O) groups excluding carboxylic acids is 3. The number of aryl methyl sites for hydroxylation is 1. The van der Waals surface area contributed by atoms with Gasteiger partial charge in [0.05, 0.1) is 12.4 Å². The van der Waals surface area contributed by atoms with Gasteiger partial charge in [-0.15, -0.1) is 0 Å². The Morgan fingerprint density at radius 1 is 1.10 bits per heavy atom. The molecule has 2 rings (SSSR count). The van der Waals surface area contributed by atoms with Gasteiger partial charge in [0, 0.05) is 18.3 Å². The second kappa shape index (κ2) is 10.6. The highest BCUT2D eigenvalue weighted by atomic mass is 16.6. The molecule has 1 heterocycles. The predicted molar refractivity (Wildman–Crippen MR) is 113 cm³/mol. The molecule has 0 saturated carbocycles. The van der Waals surface area contributed by atoms with E-state index in [9.17, 15) is 14.4 Å². The van der Waals surface area contributed by atoms with Crippen LogP contribution in [0.2, 0.25) is 0 Å². The van der Waals surface area contributed by atoms with E-state index in [1.807, 2.05) is 30.3 Å². The van der Waals surface area contributed by atoms with Gasteiger partial charge in [-0.25, -0.2) is 9.78 Å². The van der Waals surface area contributed by atoms with Gasteiger partial charge in [-0.05, 0) is 46.1 Å². The van der Waals surface area contributed by atoms with Gasteiger partial charge >= 0.3 is 6.09 Å². The lowest BCUT2D eigenvalue weighted by Gasteiger charge is -2.25. The van der Waals surface area contributed by atoms with Crippen molar-refractivity contribution in [1.29, 1.82) is 0 Å². The number of benzene rings is 1. The van der Waals surface area contributed by atoms with Crippen LogP contribution < -0.4 is 10.6 Å². The molecular weight excluding hydrogens is 384 g/mol. The van der Waals surface area contributed by atoms with Gasteiger partial charge in [0.25, 0.3) is 0 Å². The Morgan fingerprint density at radius 2 is 1.80 bits per heavy atom. The largest absolute Gasteiger partial charge is 0.444 e. The minimum Gasteiger partial charge on any atom is -0.444 e. The molecule has 162 valence electrons. The smallest absolute Gasteiger partial charge is 0.408 e. The average Bonchev–Trinajstić information content (AvgIpc) is 3.17. The summed E-state index contributed by atoms with van der Waals surface area (Å²) in [6.45, 7) is 6.67. The Hall–Kier alpha value is -3.16. The molecule has 1 aromatic carbocycles. The number of alkyl carbamates (subject to hydrolysis) is 1. The van der Waals surface area contributed by atoms with Crippen molar-refractivity contribution in [2.24, 2.45) is 0 Å². The molecule has 0 unspecified atom stereocenters. The zero-order chi connectivity index (χ0) is 22.1. The number of rotatable bonds is 9. The van der Waals surface area contributed by atoms with Crippen LogP contribution in [0.15, 0.2) is 42.9 Å². The second-order valence-electron chi connectivity index (χ2n) is 8.18. The Labute approximate surface area is 176 Å². The maximum atomic E-state index is 12.9. The Kier molecular flexibility index (Phi) is 8.15. The zero-order valence-electron chi connectivity index (χ0n) is 17.9. The molecule has 8 heteroatoms. The van der Waals surface area contributed by atoms with Crippen LogP contribution in [-0.2, 0) is 27.2 Å². The number of imidazole rings is 1. The number of hydrogen-bond donors (Lipinski definition) is 3. The fourth-order valence-electron chi connectivity index (χ4n) is 2.86. The van der Waals surface area contributed by atoms with Crippen molar-refractivity contribution in [2.45, 2.75) is 64.6 Å². The first-order chi connectivity index (χ1) is 14.1. The molecule has 0 aliphatic rings. The molecule has 0 spiro atoms. The van der Waals surface area contributed by atoms with Gasteiger partial charge in [0.2, 0.25) is 5.91 Å². The first-order valence-corrected chi connectivity index (χ1v) is 9.95. The summed E-state index contributed by atoms with van der Waals surface area (Å²) in [4.78, 5) is 44.1. The third-order valence-corrected chi connectivity index (χ3v) is 4.36. The van der Waals surface area contributed by atoms with Gasteiger partial charge in [0.1, 0.15) is 11.6 Å². The van der Waals surface area contributed by atoms with Crippen LogP contribution in [0, 0.1) is 0 Å². The monoisotopic (exact) mass is 414 g/mol. The van der Waals surface area contributed by atoms with Crippen LogP contribution in [0.1, 0.15) is 45.4 Å². The number of aromatic nitrogens is 2. The number of ketones is 1. The number of nitrogens with zero attached hydrogens (tertiary/aromatic N) is 1. The lowest BCUT2D eigenvalue weighted by molar-refractivity contribution is -0.128. The summed E-state index contributed by atoms with van der Waals surface area (Å²) in [5.41, 5.74) is 1.09. The number of hydrogen-bond acceptors (Lipinski definition) is 5. The summed E-state index contributed by atoms with van der Waals surface area (Å²) in [5.74, 6) is -0.617. The van der Waals surface area contributed by atoms with Crippen molar-refractivity contribution in [2.75, 3.05) is 0 Å². The lowest BCUT2D eigenvalue weighted by atomic mass is 10.0. The number of H-pyrrole nitrogens is 1. The molecule has 3 N–H and O–H groups in total. The van der Waals surface area contributed by atoms with E-state index in [-0.39, 0.29) is 5.78 Å². The summed E-state index contributed by atoms with van der Waals surface area (Å²) in [5, 5.41) is 5.39. The van der Waals surface area contributed by atoms with E-state index in [1.165, 1.54) is 13.3 Å². The van der Waals surface area contributed by atoms with Crippen molar-refractivity contribution in [1.82, 2.24) is 20.6 Å². The standard InChI is InChI=1S/C22H30N4O4/c1-15(27)19(12-17-13-23-14-24-17)25-20(28)18(26-21(29)30-22(2,3)4)11-10-16-8-6-5-7-9-16/h5-9,13-14,18-19H,10-12H2,1-4H3,(H,23,24)(H,25,28)(H,26,29)/t18-,19+/m1/s1. The molecule has 0 aliphatic heterocycles. The van der Waals surface area contributed by atoms with E-state index >= 15 is 0 Å². The van der Waals surface area contributed by atoms with Crippen LogP contribution >= 0.6 is 0 Å². The van der Waals surface area contributed by atoms with Gasteiger partial charge < -0.3 is 20.4 Å². The Balaban J connectivity index is 2.08. The van der Waals surface area contributed by atoms with Gasteiger partial charge in [-0.1, -0.05) is 30.3 Å². The molecule has 0 radical (unpaired) electrons. The molecule has 0 saturated heterocycles. The third kappa shape index (κ3) is 8.06. The van der Waals surface area contributed by atoms with E-state index < -0.39 is 29.7 Å². The number of Topliss-reactive ketones (excluding diaryl/α,β-unsaturated/α-hetero) is 1. The maximum Gasteiger partial charge on any atom is 0.408 e. The number of nitrogens with one attached hydrogen (secondary N) is 3. The molecule has 8 nitrogen and oxygen atoms in total. The summed E-state index contributed by atoms with van der Waals surface area (Å²) in [7, 11) is 0. The minimum atomic E-state index is -0.844. The molecule has 0 fully saturated rings. The topological polar surface area (TPSA) is 113 Å². The maximum absolute atomic E-state index is 12.9. The normalized spacial score (nSPS) is 13.2. The van der Waals surface area contributed by atoms with Gasteiger partial charge in [-0.3, -0.25) is 9.59 Å². The average molecular weight is 415 g/mol. The summed E-state index contributed by atoms with van der Waals surface area (Å²) in [6.07, 6.45) is 3.68. The van der Waals surface area contributed by atoms with Gasteiger partial charge in [0.15, 0.2) is 5.78 Å². The van der Waals surface area contributed by atoms with Crippen LogP contribution in [0.4, 0.5) is 4.79 Å². The molecule has 2 aromatic rings. The highest BCUT2D eigenvalue weighted by molar-refractivity contribution is 5.91. The highest BCUT2D eigenvalue weighted by Gasteiger charge is 2.27. The number of amides is 2. The van der Waals surface area contributed by atoms with E-state index in [0.29, 0.717) is 19.3 Å². The Bertz CT molecular complexity index is 829. The molecular formula is C22H30N4O4. The molecule has 30 heavy (non-hydrogen) atoms. The highest BCUT2D eigenvalue weighted by Crippen LogP contribution is 2.10. The number of ether oxygens (including phenoxy) is 1. The third-order valence-electron chi connectivity index (χ3n) is 4.36. The van der Waals surface area contributed by atoms with Gasteiger partial charge in [-0.2, -0.15) is 0 Å². The number of carbonyl (C=O) groups is 3. The minimum absolute atomic E-state index is 0.183. The zero-order valence-corrected chi connectivity index (χ0v) is 17.9. The summed E-state index contributed by atoms with van der Waals surface area (Å²) >= 11 is 0. The second-order valence-corrected chi connectivity index (χ2v) is 8.18. The quantitative estimate of drug-likeness (QED) is 0.584. The summed E-state index contributed by atoms with van der Waals surface area (Å²) < 4.78 is 5.30. The molecule has 0 bridgehead atoms. The van der Waals surface area contributed by atoms with Crippen LogP contribution in [0.5, 0.6) is 0 Å². The van der Waals surface area contributed by atoms with Crippen molar-refractivity contribution in [3.63, 3.8) is 0 Å². The first-order valence-electron chi connectivity index (χ1n) is 9.95. The lowest BCUT2D eigenvalue weighted by Crippen LogP contribution is -2.52. The SMILES string of the molecule is CC(=O)[C@H](Cc1cnc[nH]1)NC(=O)[C@@H](CCc1ccccc1)NC(=O)OC(C)(C)C. The van der Waals surface area contributed by atoms with Crippen molar-refractivity contribution >= 4 is 17.8 Å². The molecule has 2 amide bonds. The van der Waals surface area contributed by atoms with Crippen molar-refractivity contribution < 1.29 is 19.1 Å². The molecule has 1 aromatic heterocycles. The first kappa shape index (κ1) is 23.1. The fourth-order valence-corrected chi connectivity index (χ4v) is 2.86. The summed E-state index contributed by atoms with van der Waals surface area (Å²) in [6, 6.07) is 8.10. The fraction of sp³-hybridized carbons (Fsp3) is 0.455. The van der Waals surface area contributed by atoms with Crippen LogP contribution in [0.3, 0.4) is 0 Å². The van der Waals surface area contributed by atoms with Crippen LogP contribution in [0.25, 0.3) is 0 Å². The van der Waals surface area contributed by atoms with E-state index in [1.54, 1.807) is 27.0 Å². The van der Waals surface area contributed by atoms with E-state index in [0.717, 1.165) is 11.3 Å². The van der Waals surface area contributed by atoms with Crippen LogP contribution in [-0.4, -0.2) is 45.4 Å². The molecule has 0 aliphatic carbocycles. The van der Waals surface area contributed by atoms with E-state index in [2.05, 4.69) is 20.6 Å². The van der Waals surface area contributed by atoms with Crippen molar-refractivity contribution in [3.8, 4) is 0 Å². The number of aromatic amines is 1.